The molecule has 1 N–H and O–H groups in total. The monoisotopic (exact) mass is 276 g/mol. The van der Waals surface area contributed by atoms with E-state index < -0.39 is 5.97 Å². The molecule has 0 aliphatic carbocycles. The molecule has 0 bridgehead atoms. The highest BCUT2D eigenvalue weighted by molar-refractivity contribution is 5.95. The molecule has 1 aliphatic heterocycles. The van der Waals surface area contributed by atoms with Crippen molar-refractivity contribution in [1.82, 2.24) is 9.88 Å². The van der Waals surface area contributed by atoms with Crippen LogP contribution < -0.4 is 0 Å². The lowest BCUT2D eigenvalue weighted by Gasteiger charge is -2.16. The summed E-state index contributed by atoms with van der Waals surface area (Å²) in [6, 6.07) is 1.63. The van der Waals surface area contributed by atoms with Crippen molar-refractivity contribution in [2.24, 2.45) is 0 Å². The van der Waals surface area contributed by atoms with E-state index >= 15 is 0 Å². The molecule has 106 valence electrons. The number of carboxylic acids is 1. The van der Waals surface area contributed by atoms with Gasteiger partial charge in [0.2, 0.25) is 0 Å². The van der Waals surface area contributed by atoms with E-state index in [2.05, 4.69) is 4.98 Å². The van der Waals surface area contributed by atoms with Crippen LogP contribution in [0.15, 0.2) is 24.5 Å². The summed E-state index contributed by atoms with van der Waals surface area (Å²) in [5.74, 6) is -1.15. The summed E-state index contributed by atoms with van der Waals surface area (Å²) in [4.78, 5) is 28.5. The van der Waals surface area contributed by atoms with Crippen molar-refractivity contribution >= 4 is 18.0 Å². The van der Waals surface area contributed by atoms with Gasteiger partial charge in [-0.05, 0) is 24.1 Å². The van der Waals surface area contributed by atoms with Crippen molar-refractivity contribution in [2.45, 2.75) is 12.5 Å². The van der Waals surface area contributed by atoms with E-state index in [1.54, 1.807) is 18.1 Å². The third kappa shape index (κ3) is 3.42. The highest BCUT2D eigenvalue weighted by Crippen LogP contribution is 2.16. The van der Waals surface area contributed by atoms with Crippen LogP contribution in [0.4, 0.5) is 0 Å². The van der Waals surface area contributed by atoms with Crippen molar-refractivity contribution in [3.8, 4) is 0 Å². The smallest absolute Gasteiger partial charge is 0.328 e. The van der Waals surface area contributed by atoms with E-state index in [4.69, 9.17) is 9.84 Å². The number of rotatable bonds is 4. The maximum atomic E-state index is 12.3. The summed E-state index contributed by atoms with van der Waals surface area (Å²) >= 11 is 0. The van der Waals surface area contributed by atoms with E-state index in [1.165, 1.54) is 18.5 Å². The fraction of sp³-hybridized carbons (Fsp3) is 0.357. The quantitative estimate of drug-likeness (QED) is 0.831. The van der Waals surface area contributed by atoms with Gasteiger partial charge >= 0.3 is 5.97 Å². The van der Waals surface area contributed by atoms with Crippen LogP contribution >= 0.6 is 0 Å². The van der Waals surface area contributed by atoms with Gasteiger partial charge in [0.05, 0.1) is 11.7 Å². The number of hydrogen-bond acceptors (Lipinski definition) is 4. The van der Waals surface area contributed by atoms with Crippen molar-refractivity contribution < 1.29 is 19.4 Å². The zero-order chi connectivity index (χ0) is 14.5. The van der Waals surface area contributed by atoms with Crippen LogP contribution in [-0.4, -0.2) is 53.2 Å². The second kappa shape index (κ2) is 6.29. The summed E-state index contributed by atoms with van der Waals surface area (Å²) in [6.45, 7) is 1.23. The molecule has 1 amide bonds. The standard InChI is InChI=1S/C14H16N2O4/c1-20-12-4-5-16(9-12)14(19)11-6-10(7-15-8-11)2-3-13(17)18/h2-3,6-8,12H,4-5,9H2,1H3,(H,17,18)/b3-2+. The van der Waals surface area contributed by atoms with Gasteiger partial charge < -0.3 is 14.7 Å². The van der Waals surface area contributed by atoms with E-state index in [1.807, 2.05) is 0 Å². The molecule has 1 fully saturated rings. The average molecular weight is 276 g/mol. The lowest BCUT2D eigenvalue weighted by molar-refractivity contribution is -0.131. The molecular weight excluding hydrogens is 260 g/mol. The van der Waals surface area contributed by atoms with Gasteiger partial charge in [-0.25, -0.2) is 4.79 Å². The third-order valence-corrected chi connectivity index (χ3v) is 3.19. The summed E-state index contributed by atoms with van der Waals surface area (Å²) in [5.41, 5.74) is 1.04. The minimum Gasteiger partial charge on any atom is -0.478 e. The van der Waals surface area contributed by atoms with Gasteiger partial charge in [-0.2, -0.15) is 0 Å². The van der Waals surface area contributed by atoms with Crippen LogP contribution in [0, 0.1) is 0 Å². The van der Waals surface area contributed by atoms with Crippen LogP contribution in [0.5, 0.6) is 0 Å². The Balaban J connectivity index is 2.11. The predicted molar refractivity (Wildman–Crippen MR) is 72.2 cm³/mol. The number of carbonyl (C=O) groups excluding carboxylic acids is 1. The van der Waals surface area contributed by atoms with E-state index in [0.717, 1.165) is 12.5 Å². The molecule has 6 nitrogen and oxygen atoms in total. The number of likely N-dealkylation sites (tertiary alicyclic amines) is 1. The van der Waals surface area contributed by atoms with Crippen LogP contribution in [0.25, 0.3) is 6.08 Å². The first-order chi connectivity index (χ1) is 9.60. The van der Waals surface area contributed by atoms with Crippen LogP contribution in [0.2, 0.25) is 0 Å². The first kappa shape index (κ1) is 14.2. The molecule has 1 aromatic rings. The Labute approximate surface area is 116 Å². The molecule has 6 heteroatoms. The Morgan fingerprint density at radius 2 is 2.30 bits per heavy atom. The van der Waals surface area contributed by atoms with Gasteiger partial charge in [0.25, 0.3) is 5.91 Å². The van der Waals surface area contributed by atoms with Gasteiger partial charge in [0, 0.05) is 38.7 Å². The first-order valence-corrected chi connectivity index (χ1v) is 6.28. The second-order valence-corrected chi connectivity index (χ2v) is 4.58. The van der Waals surface area contributed by atoms with Crippen molar-refractivity contribution in [1.29, 1.82) is 0 Å². The van der Waals surface area contributed by atoms with Gasteiger partial charge in [0.15, 0.2) is 0 Å². The fourth-order valence-corrected chi connectivity index (χ4v) is 2.12. The Hall–Kier alpha value is -2.21. The zero-order valence-electron chi connectivity index (χ0n) is 11.2. The molecule has 1 atom stereocenters. The third-order valence-electron chi connectivity index (χ3n) is 3.19. The Kier molecular flexibility index (Phi) is 4.47. The molecule has 20 heavy (non-hydrogen) atoms. The average Bonchev–Trinajstić information content (AvgIpc) is 2.93. The predicted octanol–water partition coefficient (Wildman–Crippen LogP) is 1.04. The lowest BCUT2D eigenvalue weighted by atomic mass is 10.2. The molecule has 2 rings (SSSR count). The van der Waals surface area contributed by atoms with Gasteiger partial charge in [0.1, 0.15) is 0 Å². The largest absolute Gasteiger partial charge is 0.478 e. The van der Waals surface area contributed by atoms with Gasteiger partial charge in [-0.15, -0.1) is 0 Å². The van der Waals surface area contributed by atoms with Crippen molar-refractivity contribution in [2.75, 3.05) is 20.2 Å². The minimum absolute atomic E-state index is 0.0852. The molecule has 2 heterocycles. The van der Waals surface area contributed by atoms with Crippen molar-refractivity contribution in [3.63, 3.8) is 0 Å². The van der Waals surface area contributed by atoms with E-state index in [0.29, 0.717) is 24.2 Å². The van der Waals surface area contributed by atoms with E-state index in [-0.39, 0.29) is 12.0 Å². The van der Waals surface area contributed by atoms with Gasteiger partial charge in [-0.3, -0.25) is 9.78 Å². The van der Waals surface area contributed by atoms with Crippen LogP contribution in [0.3, 0.4) is 0 Å². The van der Waals surface area contributed by atoms with E-state index in [9.17, 15) is 9.59 Å². The van der Waals surface area contributed by atoms with Crippen molar-refractivity contribution in [3.05, 3.63) is 35.7 Å². The Bertz CT molecular complexity index is 542. The lowest BCUT2D eigenvalue weighted by Crippen LogP contribution is -2.30. The maximum Gasteiger partial charge on any atom is 0.328 e. The number of nitrogens with zero attached hydrogens (tertiary/aromatic N) is 2. The highest BCUT2D eigenvalue weighted by atomic mass is 16.5. The molecule has 1 unspecified atom stereocenters. The molecule has 0 saturated carbocycles. The number of carboxylic acid groups (broad SMARTS) is 1. The first-order valence-electron chi connectivity index (χ1n) is 6.28. The number of aromatic nitrogens is 1. The molecule has 0 aromatic carbocycles. The summed E-state index contributed by atoms with van der Waals surface area (Å²) in [5, 5.41) is 8.59. The number of methoxy groups -OCH3 is 1. The number of amides is 1. The fourth-order valence-electron chi connectivity index (χ4n) is 2.12. The van der Waals surface area contributed by atoms with Crippen LogP contribution in [0.1, 0.15) is 22.3 Å². The molecule has 0 spiro atoms. The number of carbonyl (C=O) groups is 2. The number of pyridine rings is 1. The molecule has 1 aromatic heterocycles. The molecule has 0 radical (unpaired) electrons. The van der Waals surface area contributed by atoms with Gasteiger partial charge in [-0.1, -0.05) is 0 Å². The maximum absolute atomic E-state index is 12.3. The van der Waals surface area contributed by atoms with Crippen LogP contribution in [-0.2, 0) is 9.53 Å². The Morgan fingerprint density at radius 1 is 1.50 bits per heavy atom. The number of aliphatic carboxylic acids is 1. The summed E-state index contributed by atoms with van der Waals surface area (Å²) < 4.78 is 5.23. The summed E-state index contributed by atoms with van der Waals surface area (Å²) in [6.07, 6.45) is 6.34. The topological polar surface area (TPSA) is 79.7 Å². The second-order valence-electron chi connectivity index (χ2n) is 4.58. The number of hydrogen-bond donors (Lipinski definition) is 1. The molecule has 1 aliphatic rings. The number of ether oxygens (including phenoxy) is 1. The molecular formula is C14H16N2O4. The normalized spacial score (nSPS) is 18.6. The zero-order valence-corrected chi connectivity index (χ0v) is 11.2. The Morgan fingerprint density at radius 3 is 2.95 bits per heavy atom. The highest BCUT2D eigenvalue weighted by Gasteiger charge is 2.26. The molecule has 1 saturated heterocycles. The summed E-state index contributed by atoms with van der Waals surface area (Å²) in [7, 11) is 1.64. The minimum atomic E-state index is -1.04. The SMILES string of the molecule is COC1CCN(C(=O)c2cncc(/C=C/C(=O)O)c2)C1.